The molecule has 118 valence electrons. The van der Waals surface area contributed by atoms with E-state index in [0.717, 1.165) is 0 Å². The van der Waals surface area contributed by atoms with E-state index in [0.29, 0.717) is 5.69 Å². The SMILES string of the molecule is O=C(Cc1cc(=O)[nH]c(=S)[nH]1)N/N=C\c1ccccc1[N+](=O)[O-]. The largest absolute Gasteiger partial charge is 0.335 e. The van der Waals surface area contributed by atoms with Crippen LogP contribution in [0.15, 0.2) is 40.2 Å². The van der Waals surface area contributed by atoms with Crippen LogP contribution in [0.4, 0.5) is 5.69 Å². The Morgan fingerprint density at radius 2 is 2.13 bits per heavy atom. The third-order valence-electron chi connectivity index (χ3n) is 2.69. The smallest absolute Gasteiger partial charge is 0.278 e. The lowest BCUT2D eigenvalue weighted by Gasteiger charge is -2.00. The van der Waals surface area contributed by atoms with Gasteiger partial charge in [-0.25, -0.2) is 5.43 Å². The van der Waals surface area contributed by atoms with Crippen LogP contribution in [0.3, 0.4) is 0 Å². The Kier molecular flexibility index (Phi) is 5.10. The van der Waals surface area contributed by atoms with Gasteiger partial charge in [0.25, 0.3) is 11.2 Å². The first-order valence-corrected chi connectivity index (χ1v) is 6.74. The molecule has 0 atom stereocenters. The quantitative estimate of drug-likeness (QED) is 0.325. The van der Waals surface area contributed by atoms with Crippen LogP contribution in [0.25, 0.3) is 0 Å². The van der Waals surface area contributed by atoms with Crippen molar-refractivity contribution in [3.8, 4) is 0 Å². The number of H-pyrrole nitrogens is 2. The molecule has 0 spiro atoms. The Hall–Kier alpha value is -3.14. The number of carbonyl (C=O) groups is 1. The minimum Gasteiger partial charge on any atom is -0.335 e. The molecule has 0 aliphatic rings. The van der Waals surface area contributed by atoms with E-state index < -0.39 is 16.4 Å². The predicted octanol–water partition coefficient (Wildman–Crippen LogP) is 1.03. The van der Waals surface area contributed by atoms with Gasteiger partial charge in [-0.1, -0.05) is 12.1 Å². The highest BCUT2D eigenvalue weighted by atomic mass is 32.1. The van der Waals surface area contributed by atoms with Gasteiger partial charge in [0.1, 0.15) is 0 Å². The zero-order valence-corrected chi connectivity index (χ0v) is 12.4. The molecule has 0 bridgehead atoms. The van der Waals surface area contributed by atoms with Crippen molar-refractivity contribution in [3.63, 3.8) is 0 Å². The second-order valence-corrected chi connectivity index (χ2v) is 4.81. The van der Waals surface area contributed by atoms with Crippen molar-refractivity contribution in [3.05, 3.63) is 66.8 Å². The number of nitro groups is 1. The van der Waals surface area contributed by atoms with Crippen LogP contribution in [0.1, 0.15) is 11.3 Å². The number of hydrogen-bond acceptors (Lipinski definition) is 6. The fourth-order valence-corrected chi connectivity index (χ4v) is 2.00. The van der Waals surface area contributed by atoms with Gasteiger partial charge in [-0.3, -0.25) is 24.7 Å². The molecule has 9 nitrogen and oxygen atoms in total. The van der Waals surface area contributed by atoms with Crippen molar-refractivity contribution < 1.29 is 9.72 Å². The maximum absolute atomic E-state index is 11.7. The fourth-order valence-electron chi connectivity index (χ4n) is 1.76. The molecule has 1 aromatic heterocycles. The van der Waals surface area contributed by atoms with E-state index in [1.807, 2.05) is 0 Å². The van der Waals surface area contributed by atoms with Crippen molar-refractivity contribution in [2.24, 2.45) is 5.10 Å². The Labute approximate surface area is 134 Å². The highest BCUT2D eigenvalue weighted by Crippen LogP contribution is 2.14. The molecular weight excluding hydrogens is 322 g/mol. The monoisotopic (exact) mass is 333 g/mol. The maximum Gasteiger partial charge on any atom is 0.278 e. The molecule has 0 aliphatic carbocycles. The average molecular weight is 333 g/mol. The minimum absolute atomic E-state index is 0.115. The number of benzene rings is 1. The number of amides is 1. The van der Waals surface area contributed by atoms with Crippen LogP contribution in [0.2, 0.25) is 0 Å². The van der Waals surface area contributed by atoms with Gasteiger partial charge in [-0.15, -0.1) is 0 Å². The lowest BCUT2D eigenvalue weighted by atomic mass is 10.2. The Morgan fingerprint density at radius 1 is 1.39 bits per heavy atom. The second kappa shape index (κ2) is 7.22. The fraction of sp³-hybridized carbons (Fsp3) is 0.0769. The van der Waals surface area contributed by atoms with E-state index in [2.05, 4.69) is 20.5 Å². The second-order valence-electron chi connectivity index (χ2n) is 4.40. The number of hydrogen-bond donors (Lipinski definition) is 3. The molecule has 0 fully saturated rings. The van der Waals surface area contributed by atoms with Crippen LogP contribution in [0.5, 0.6) is 0 Å². The lowest BCUT2D eigenvalue weighted by Crippen LogP contribution is -2.21. The molecular formula is C13H11N5O4S. The number of aromatic nitrogens is 2. The van der Waals surface area contributed by atoms with E-state index >= 15 is 0 Å². The van der Waals surface area contributed by atoms with Crippen LogP contribution >= 0.6 is 12.2 Å². The third-order valence-corrected chi connectivity index (χ3v) is 2.90. The van der Waals surface area contributed by atoms with Crippen molar-refractivity contribution >= 4 is 30.0 Å². The predicted molar refractivity (Wildman–Crippen MR) is 84.8 cm³/mol. The summed E-state index contributed by atoms with van der Waals surface area (Å²) in [6, 6.07) is 7.19. The summed E-state index contributed by atoms with van der Waals surface area (Å²) in [6.45, 7) is 0. The van der Waals surface area contributed by atoms with Gasteiger partial charge in [-0.05, 0) is 18.3 Å². The van der Waals surface area contributed by atoms with E-state index in [4.69, 9.17) is 12.2 Å². The van der Waals surface area contributed by atoms with Crippen molar-refractivity contribution in [2.75, 3.05) is 0 Å². The molecule has 0 radical (unpaired) electrons. The topological polar surface area (TPSA) is 133 Å². The molecule has 3 N–H and O–H groups in total. The highest BCUT2D eigenvalue weighted by molar-refractivity contribution is 7.71. The summed E-state index contributed by atoms with van der Waals surface area (Å²) in [4.78, 5) is 38.2. The van der Waals surface area contributed by atoms with Crippen LogP contribution < -0.4 is 11.0 Å². The number of rotatable bonds is 5. The van der Waals surface area contributed by atoms with Gasteiger partial charge in [-0.2, -0.15) is 5.10 Å². The molecule has 0 aliphatic heterocycles. The molecule has 0 saturated carbocycles. The highest BCUT2D eigenvalue weighted by Gasteiger charge is 2.10. The van der Waals surface area contributed by atoms with Gasteiger partial charge >= 0.3 is 0 Å². The Bertz CT molecular complexity index is 858. The number of nitrogens with one attached hydrogen (secondary N) is 3. The summed E-state index contributed by atoms with van der Waals surface area (Å²) in [5, 5.41) is 14.5. The Balaban J connectivity index is 2.03. The molecule has 10 heteroatoms. The number of carbonyl (C=O) groups excluding carboxylic acids is 1. The molecule has 2 rings (SSSR count). The number of hydrazone groups is 1. The first-order chi connectivity index (χ1) is 11.0. The molecule has 23 heavy (non-hydrogen) atoms. The number of aromatic amines is 2. The first-order valence-electron chi connectivity index (χ1n) is 6.33. The molecule has 1 heterocycles. The van der Waals surface area contributed by atoms with Gasteiger partial charge in [0.2, 0.25) is 5.91 Å². The lowest BCUT2D eigenvalue weighted by molar-refractivity contribution is -0.385. The van der Waals surface area contributed by atoms with Gasteiger partial charge in [0.05, 0.1) is 23.1 Å². The first kappa shape index (κ1) is 16.2. The number of para-hydroxylation sites is 1. The molecule has 1 amide bonds. The van der Waals surface area contributed by atoms with E-state index in [1.54, 1.807) is 6.07 Å². The summed E-state index contributed by atoms with van der Waals surface area (Å²) in [7, 11) is 0. The summed E-state index contributed by atoms with van der Waals surface area (Å²) < 4.78 is 0.115. The van der Waals surface area contributed by atoms with Crippen molar-refractivity contribution in [2.45, 2.75) is 6.42 Å². The van der Waals surface area contributed by atoms with Gasteiger partial charge < -0.3 is 4.98 Å². The summed E-state index contributed by atoms with van der Waals surface area (Å²) in [5.41, 5.74) is 2.28. The maximum atomic E-state index is 11.7. The average Bonchev–Trinajstić information content (AvgIpc) is 2.46. The normalized spacial score (nSPS) is 10.6. The summed E-state index contributed by atoms with van der Waals surface area (Å²) in [6.07, 6.45) is 1.04. The van der Waals surface area contributed by atoms with Gasteiger partial charge in [0, 0.05) is 17.8 Å². The number of nitrogens with zero attached hydrogens (tertiary/aromatic N) is 2. The van der Waals surface area contributed by atoms with Crippen LogP contribution in [-0.4, -0.2) is 27.0 Å². The number of nitro benzene ring substituents is 1. The Morgan fingerprint density at radius 3 is 2.83 bits per heavy atom. The molecule has 2 aromatic rings. The third kappa shape index (κ3) is 4.68. The van der Waals surface area contributed by atoms with Crippen LogP contribution in [0, 0.1) is 14.9 Å². The zero-order valence-electron chi connectivity index (χ0n) is 11.6. The zero-order chi connectivity index (χ0) is 16.8. The van der Waals surface area contributed by atoms with Crippen molar-refractivity contribution in [1.29, 1.82) is 0 Å². The minimum atomic E-state index is -0.542. The van der Waals surface area contributed by atoms with Gasteiger partial charge in [0.15, 0.2) is 4.77 Å². The summed E-state index contributed by atoms with van der Waals surface area (Å²) in [5.74, 6) is -0.504. The van der Waals surface area contributed by atoms with E-state index in [-0.39, 0.29) is 22.4 Å². The molecule has 0 unspecified atom stereocenters. The van der Waals surface area contributed by atoms with E-state index in [1.165, 1.54) is 30.5 Å². The standard InChI is InChI=1S/C13H11N5O4S/c19-11-5-9(15-13(23)16-11)6-12(20)17-14-7-8-3-1-2-4-10(8)18(21)22/h1-5,7H,6H2,(H,17,20)(H2,15,16,19,23)/b14-7-. The molecule has 0 saturated heterocycles. The van der Waals surface area contributed by atoms with Crippen molar-refractivity contribution in [1.82, 2.24) is 15.4 Å². The molecule has 1 aromatic carbocycles. The summed E-state index contributed by atoms with van der Waals surface area (Å²) >= 11 is 4.79. The van der Waals surface area contributed by atoms with E-state index in [9.17, 15) is 19.7 Å². The van der Waals surface area contributed by atoms with Crippen LogP contribution in [-0.2, 0) is 11.2 Å².